The second-order valence-corrected chi connectivity index (χ2v) is 8.89. The fourth-order valence-corrected chi connectivity index (χ4v) is 3.76. The third-order valence-electron chi connectivity index (χ3n) is 5.38. The Hall–Kier alpha value is -3.31. The molecule has 0 spiro atoms. The lowest BCUT2D eigenvalue weighted by Crippen LogP contribution is -2.51. The minimum atomic E-state index is -0.865. The van der Waals surface area contributed by atoms with Crippen molar-refractivity contribution < 1.29 is 18.8 Å². The highest BCUT2D eigenvalue weighted by atomic mass is 19.1. The van der Waals surface area contributed by atoms with Gasteiger partial charge in [-0.2, -0.15) is 0 Å². The summed E-state index contributed by atoms with van der Waals surface area (Å²) < 4.78 is 19.6. The first-order chi connectivity index (χ1) is 15.5. The third-order valence-corrected chi connectivity index (χ3v) is 5.38. The average Bonchev–Trinajstić information content (AvgIpc) is 2.74. The van der Waals surface area contributed by atoms with E-state index in [0.717, 1.165) is 44.6 Å². The molecule has 2 heterocycles. The first-order valence-electron chi connectivity index (χ1n) is 10.6. The van der Waals surface area contributed by atoms with Gasteiger partial charge in [-0.3, -0.25) is 15.4 Å². The maximum atomic E-state index is 14.1. The van der Waals surface area contributed by atoms with E-state index < -0.39 is 10.7 Å². The molecule has 0 bridgehead atoms. The maximum absolute atomic E-state index is 14.1. The van der Waals surface area contributed by atoms with Gasteiger partial charge in [-0.05, 0) is 38.8 Å². The summed E-state index contributed by atoms with van der Waals surface area (Å²) >= 11 is 0. The predicted octanol–water partition coefficient (Wildman–Crippen LogP) is 3.59. The van der Waals surface area contributed by atoms with Crippen LogP contribution in [0.2, 0.25) is 0 Å². The van der Waals surface area contributed by atoms with E-state index >= 15 is 0 Å². The summed E-state index contributed by atoms with van der Waals surface area (Å²) in [5.41, 5.74) is 5.47. The summed E-state index contributed by atoms with van der Waals surface area (Å²) in [5.74, 6) is -0.563. The molecule has 2 amide bonds. The van der Waals surface area contributed by atoms with Gasteiger partial charge in [0.05, 0.1) is 11.0 Å². The van der Waals surface area contributed by atoms with Crippen molar-refractivity contribution in [2.24, 2.45) is 5.73 Å². The van der Waals surface area contributed by atoms with Crippen LogP contribution in [0.3, 0.4) is 0 Å². The number of nitro groups is 1. The Morgan fingerprint density at radius 2 is 2.06 bits per heavy atom. The largest absolute Gasteiger partial charge is 0.454 e. The number of anilines is 1. The lowest BCUT2D eigenvalue weighted by molar-refractivity contribution is -0.385. The molecule has 0 aliphatic carbocycles. The normalized spacial score (nSPS) is 15.2. The summed E-state index contributed by atoms with van der Waals surface area (Å²) in [4.78, 5) is 30.9. The molecule has 178 valence electrons. The van der Waals surface area contributed by atoms with Crippen LogP contribution < -0.4 is 15.8 Å². The second-order valence-electron chi connectivity index (χ2n) is 8.89. The number of benzene rings is 1. The topological polar surface area (TPSA) is 127 Å². The van der Waals surface area contributed by atoms with Gasteiger partial charge in [-0.15, -0.1) is 0 Å². The molecule has 0 atom stereocenters. The smallest absolute Gasteiger partial charge is 0.323 e. The molecule has 1 aliphatic heterocycles. The van der Waals surface area contributed by atoms with Crippen LogP contribution >= 0.6 is 0 Å². The number of nitrogens with one attached hydrogen (secondary N) is 1. The Balaban J connectivity index is 1.58. The number of amides is 2. The molecule has 1 aliphatic rings. The highest BCUT2D eigenvalue weighted by Crippen LogP contribution is 2.28. The molecule has 0 radical (unpaired) electrons. The minimum absolute atomic E-state index is 0.0933. The zero-order chi connectivity index (χ0) is 24.2. The van der Waals surface area contributed by atoms with Crippen molar-refractivity contribution in [2.75, 3.05) is 32.0 Å². The molecule has 0 saturated carbocycles. The molecule has 1 fully saturated rings. The summed E-state index contributed by atoms with van der Waals surface area (Å²) in [5, 5.41) is 13.5. The van der Waals surface area contributed by atoms with Gasteiger partial charge in [-0.1, -0.05) is 0 Å². The highest BCUT2D eigenvalue weighted by Gasteiger charge is 2.27. The average molecular weight is 461 g/mol. The molecule has 3 rings (SSSR count). The number of rotatable bonds is 7. The number of pyridine rings is 1. The van der Waals surface area contributed by atoms with Crippen molar-refractivity contribution in [2.45, 2.75) is 38.3 Å². The Labute approximate surface area is 191 Å². The van der Waals surface area contributed by atoms with Crippen molar-refractivity contribution in [3.8, 4) is 11.5 Å². The lowest BCUT2D eigenvalue weighted by Gasteiger charge is -2.38. The van der Waals surface area contributed by atoms with E-state index in [1.54, 1.807) is 11.9 Å². The van der Waals surface area contributed by atoms with E-state index in [-0.39, 0.29) is 40.6 Å². The molecule has 10 nitrogen and oxygen atoms in total. The second kappa shape index (κ2) is 10.1. The van der Waals surface area contributed by atoms with Gasteiger partial charge in [0.1, 0.15) is 11.6 Å². The molecular formula is C22H29FN6O4. The van der Waals surface area contributed by atoms with Gasteiger partial charge < -0.3 is 20.3 Å². The van der Waals surface area contributed by atoms with Crippen LogP contribution in [-0.2, 0) is 0 Å². The van der Waals surface area contributed by atoms with Gasteiger partial charge >= 0.3 is 6.03 Å². The Kier molecular flexibility index (Phi) is 7.44. The van der Waals surface area contributed by atoms with Crippen molar-refractivity contribution in [3.63, 3.8) is 0 Å². The van der Waals surface area contributed by atoms with Crippen LogP contribution in [0.1, 0.15) is 26.7 Å². The Bertz CT molecular complexity index is 1000. The number of carbonyl (C=O) groups excluding carboxylic acids is 1. The van der Waals surface area contributed by atoms with Gasteiger partial charge in [0.25, 0.3) is 5.69 Å². The molecule has 2 aromatic rings. The Morgan fingerprint density at radius 3 is 2.67 bits per heavy atom. The molecule has 11 heteroatoms. The molecule has 33 heavy (non-hydrogen) atoms. The van der Waals surface area contributed by atoms with E-state index in [1.165, 1.54) is 24.4 Å². The van der Waals surface area contributed by atoms with Crippen molar-refractivity contribution in [1.82, 2.24) is 14.8 Å². The van der Waals surface area contributed by atoms with Gasteiger partial charge in [0.2, 0.25) is 0 Å². The number of non-ortho nitro benzene ring substituents is 1. The van der Waals surface area contributed by atoms with Gasteiger partial charge in [0, 0.05) is 56.6 Å². The fraction of sp³-hybridized carbons (Fsp3) is 0.455. The molecule has 1 aromatic carbocycles. The first kappa shape index (κ1) is 24.3. The first-order valence-corrected chi connectivity index (χ1v) is 10.6. The standard InChI is InChI=1S/C22H29FN6O4/c1-22(2,24)14-28-10-7-15(8-11-28)27(3)21(30)26-20-13-17(6-9-25-20)33-19-5-4-16(29(31)32)12-18(19)23/h4-6,9,12-13,15H,7-8,10-11,14,24H2,1-3H3,(H,25,26,30). The number of nitrogens with two attached hydrogens (primary N) is 1. The van der Waals surface area contributed by atoms with Crippen molar-refractivity contribution in [3.05, 3.63) is 52.5 Å². The van der Waals surface area contributed by atoms with Crippen LogP contribution in [0.4, 0.5) is 20.7 Å². The highest BCUT2D eigenvalue weighted by molar-refractivity contribution is 5.88. The molecule has 1 aromatic heterocycles. The van der Waals surface area contributed by atoms with Crippen LogP contribution in [-0.4, -0.2) is 64.0 Å². The van der Waals surface area contributed by atoms with Crippen molar-refractivity contribution >= 4 is 17.5 Å². The van der Waals surface area contributed by atoms with Gasteiger partial charge in [0.15, 0.2) is 11.6 Å². The number of nitro benzene ring substituents is 1. The zero-order valence-corrected chi connectivity index (χ0v) is 19.0. The zero-order valence-electron chi connectivity index (χ0n) is 19.0. The van der Waals surface area contributed by atoms with E-state index in [4.69, 9.17) is 10.5 Å². The number of hydrogen-bond acceptors (Lipinski definition) is 7. The summed E-state index contributed by atoms with van der Waals surface area (Å²) in [6, 6.07) is 5.85. The minimum Gasteiger partial charge on any atom is -0.454 e. The number of halogens is 1. The summed E-state index contributed by atoms with van der Waals surface area (Å²) in [6.07, 6.45) is 3.10. The Morgan fingerprint density at radius 1 is 1.36 bits per heavy atom. The number of carbonyl (C=O) groups is 1. The molecule has 1 saturated heterocycles. The summed E-state index contributed by atoms with van der Waals surface area (Å²) in [6.45, 7) is 6.54. The fourth-order valence-electron chi connectivity index (χ4n) is 3.76. The number of urea groups is 1. The van der Waals surface area contributed by atoms with Crippen LogP contribution in [0, 0.1) is 15.9 Å². The number of nitrogens with zero attached hydrogens (tertiary/aromatic N) is 4. The van der Waals surface area contributed by atoms with E-state index in [1.807, 2.05) is 13.8 Å². The van der Waals surface area contributed by atoms with E-state index in [0.29, 0.717) is 0 Å². The van der Waals surface area contributed by atoms with Crippen LogP contribution in [0.15, 0.2) is 36.5 Å². The van der Waals surface area contributed by atoms with E-state index in [2.05, 4.69) is 15.2 Å². The molecule has 0 unspecified atom stereocenters. The SMILES string of the molecule is CN(C(=O)Nc1cc(Oc2ccc([N+](=O)[O-])cc2F)ccn1)C1CCN(CC(C)(C)N)CC1. The molecular weight excluding hydrogens is 431 g/mol. The van der Waals surface area contributed by atoms with Crippen LogP contribution in [0.5, 0.6) is 11.5 Å². The monoisotopic (exact) mass is 460 g/mol. The predicted molar refractivity (Wildman–Crippen MR) is 122 cm³/mol. The third kappa shape index (κ3) is 6.83. The number of likely N-dealkylation sites (tertiary alicyclic amines) is 1. The van der Waals surface area contributed by atoms with Crippen LogP contribution in [0.25, 0.3) is 0 Å². The van der Waals surface area contributed by atoms with Crippen molar-refractivity contribution in [1.29, 1.82) is 0 Å². The number of aromatic nitrogens is 1. The molecule has 3 N–H and O–H groups in total. The summed E-state index contributed by atoms with van der Waals surface area (Å²) in [7, 11) is 1.75. The van der Waals surface area contributed by atoms with E-state index in [9.17, 15) is 19.3 Å². The lowest BCUT2D eigenvalue weighted by atomic mass is 10.0. The van der Waals surface area contributed by atoms with Gasteiger partial charge in [-0.25, -0.2) is 14.2 Å². The maximum Gasteiger partial charge on any atom is 0.323 e. The quantitative estimate of drug-likeness (QED) is 0.477. The number of hydrogen-bond donors (Lipinski definition) is 2. The number of piperidine rings is 1. The number of ether oxygens (including phenoxy) is 1.